The SMILES string of the molecule is CCOc1ccc(NC(=O)[C@@H]2[C@H]3C(=O)N(CCCCCO)C(C(=O)Nc4ccc(N(CC)CC)cc4)C34CC[C@@]2(CC)O4)cc1. The molecule has 244 valence electrons. The number of ether oxygens (including phenoxy) is 2. The van der Waals surface area contributed by atoms with Crippen LogP contribution in [-0.2, 0) is 19.1 Å². The quantitative estimate of drug-likeness (QED) is 0.244. The Morgan fingerprint density at radius 2 is 1.58 bits per heavy atom. The van der Waals surface area contributed by atoms with Crippen molar-refractivity contribution in [3.8, 4) is 5.75 Å². The van der Waals surface area contributed by atoms with Crippen LogP contribution in [0.25, 0.3) is 0 Å². The molecule has 10 heteroatoms. The average Bonchev–Trinajstić information content (AvgIpc) is 3.65. The third-order valence-electron chi connectivity index (χ3n) is 9.97. The molecular formula is C35H48N4O6. The second-order valence-electron chi connectivity index (χ2n) is 12.3. The number of unbranched alkanes of at least 4 members (excludes halogenated alkanes) is 2. The van der Waals surface area contributed by atoms with Crippen molar-refractivity contribution in [2.75, 3.05) is 48.4 Å². The van der Waals surface area contributed by atoms with E-state index in [2.05, 4.69) is 29.4 Å². The molecule has 3 saturated heterocycles. The van der Waals surface area contributed by atoms with Crippen LogP contribution in [-0.4, -0.2) is 77.8 Å². The number of hydrogen-bond acceptors (Lipinski definition) is 7. The largest absolute Gasteiger partial charge is 0.494 e. The van der Waals surface area contributed by atoms with Gasteiger partial charge in [0.1, 0.15) is 17.4 Å². The molecule has 1 spiro atoms. The fraction of sp³-hybridized carbons (Fsp3) is 0.571. The van der Waals surface area contributed by atoms with Crippen LogP contribution < -0.4 is 20.3 Å². The zero-order valence-corrected chi connectivity index (χ0v) is 27.0. The highest BCUT2D eigenvalue weighted by Crippen LogP contribution is 2.64. The number of carbonyl (C=O) groups is 3. The third kappa shape index (κ3) is 6.02. The number of anilines is 3. The van der Waals surface area contributed by atoms with Gasteiger partial charge in [-0.3, -0.25) is 14.4 Å². The Balaban J connectivity index is 1.43. The fourth-order valence-electron chi connectivity index (χ4n) is 7.80. The third-order valence-corrected chi connectivity index (χ3v) is 9.97. The minimum Gasteiger partial charge on any atom is -0.494 e. The van der Waals surface area contributed by atoms with Gasteiger partial charge < -0.3 is 35.0 Å². The van der Waals surface area contributed by atoms with Gasteiger partial charge in [-0.15, -0.1) is 0 Å². The number of amides is 3. The molecule has 0 radical (unpaired) electrons. The first-order valence-electron chi connectivity index (χ1n) is 16.6. The zero-order chi connectivity index (χ0) is 32.2. The molecule has 0 aliphatic carbocycles. The van der Waals surface area contributed by atoms with Crippen molar-refractivity contribution >= 4 is 34.8 Å². The van der Waals surface area contributed by atoms with Crippen molar-refractivity contribution in [2.24, 2.45) is 11.8 Å². The van der Waals surface area contributed by atoms with Gasteiger partial charge in [0.2, 0.25) is 17.7 Å². The number of benzene rings is 2. The van der Waals surface area contributed by atoms with Gasteiger partial charge >= 0.3 is 0 Å². The van der Waals surface area contributed by atoms with Crippen molar-refractivity contribution < 1.29 is 29.0 Å². The molecule has 3 N–H and O–H groups in total. The van der Waals surface area contributed by atoms with E-state index in [4.69, 9.17) is 9.47 Å². The van der Waals surface area contributed by atoms with Gasteiger partial charge in [0.05, 0.1) is 24.0 Å². The highest BCUT2D eigenvalue weighted by Gasteiger charge is 2.78. The van der Waals surface area contributed by atoms with Gasteiger partial charge in [-0.2, -0.15) is 0 Å². The molecule has 0 aromatic heterocycles. The molecule has 3 amide bonds. The highest BCUT2D eigenvalue weighted by atomic mass is 16.5. The second kappa shape index (κ2) is 13.8. The molecular weight excluding hydrogens is 572 g/mol. The first kappa shape index (κ1) is 32.8. The summed E-state index contributed by atoms with van der Waals surface area (Å²) in [5.74, 6) is -1.58. The van der Waals surface area contributed by atoms with Gasteiger partial charge in [-0.25, -0.2) is 0 Å². The van der Waals surface area contributed by atoms with Crippen molar-refractivity contribution in [3.05, 3.63) is 48.5 Å². The molecule has 5 rings (SSSR count). The fourth-order valence-corrected chi connectivity index (χ4v) is 7.80. The topological polar surface area (TPSA) is 120 Å². The van der Waals surface area contributed by atoms with Crippen molar-refractivity contribution in [3.63, 3.8) is 0 Å². The summed E-state index contributed by atoms with van der Waals surface area (Å²) in [7, 11) is 0. The Kier molecular flexibility index (Phi) is 10.0. The molecule has 5 atom stereocenters. The van der Waals surface area contributed by atoms with Gasteiger partial charge in [-0.1, -0.05) is 6.92 Å². The van der Waals surface area contributed by atoms with E-state index in [-0.39, 0.29) is 24.3 Å². The number of hydrogen-bond donors (Lipinski definition) is 3. The number of carbonyl (C=O) groups excluding carboxylic acids is 3. The Bertz CT molecular complexity index is 1350. The predicted molar refractivity (Wildman–Crippen MR) is 174 cm³/mol. The maximum absolute atomic E-state index is 14.3. The zero-order valence-electron chi connectivity index (χ0n) is 27.0. The van der Waals surface area contributed by atoms with E-state index in [1.807, 2.05) is 38.1 Å². The van der Waals surface area contributed by atoms with Gasteiger partial charge in [-0.05, 0) is 108 Å². The maximum Gasteiger partial charge on any atom is 0.250 e. The summed E-state index contributed by atoms with van der Waals surface area (Å²) in [6.45, 7) is 10.8. The first-order valence-corrected chi connectivity index (χ1v) is 16.6. The van der Waals surface area contributed by atoms with Crippen LogP contribution in [0.2, 0.25) is 0 Å². The van der Waals surface area contributed by atoms with Gasteiger partial charge in [0.15, 0.2) is 0 Å². The lowest BCUT2D eigenvalue weighted by Crippen LogP contribution is -2.53. The van der Waals surface area contributed by atoms with Crippen LogP contribution in [0.4, 0.5) is 17.1 Å². The Labute approximate surface area is 266 Å². The van der Waals surface area contributed by atoms with Gasteiger partial charge in [0, 0.05) is 43.3 Å². The number of aliphatic hydroxyl groups is 1. The molecule has 10 nitrogen and oxygen atoms in total. The maximum atomic E-state index is 14.3. The van der Waals surface area contributed by atoms with Crippen LogP contribution in [0, 0.1) is 11.8 Å². The minimum absolute atomic E-state index is 0.0732. The van der Waals surface area contributed by atoms with Crippen molar-refractivity contribution in [2.45, 2.75) is 83.5 Å². The molecule has 3 aliphatic rings. The number of fused-ring (bicyclic) bond motifs is 1. The number of aliphatic hydroxyl groups excluding tert-OH is 1. The summed E-state index contributed by atoms with van der Waals surface area (Å²) in [6.07, 6.45) is 3.65. The lowest BCUT2D eigenvalue weighted by Gasteiger charge is -2.34. The summed E-state index contributed by atoms with van der Waals surface area (Å²) in [6, 6.07) is 14.1. The Morgan fingerprint density at radius 3 is 2.18 bits per heavy atom. The molecule has 2 bridgehead atoms. The Hall–Kier alpha value is -3.63. The molecule has 3 heterocycles. The average molecular weight is 621 g/mol. The van der Waals surface area contributed by atoms with Crippen LogP contribution in [0.3, 0.4) is 0 Å². The minimum atomic E-state index is -1.10. The van der Waals surface area contributed by atoms with Crippen LogP contribution in [0.1, 0.15) is 66.2 Å². The summed E-state index contributed by atoms with van der Waals surface area (Å²) >= 11 is 0. The number of nitrogens with zero attached hydrogens (tertiary/aromatic N) is 2. The van der Waals surface area contributed by atoms with Crippen LogP contribution in [0.15, 0.2) is 48.5 Å². The van der Waals surface area contributed by atoms with E-state index in [9.17, 15) is 19.5 Å². The van der Waals surface area contributed by atoms with E-state index in [1.165, 1.54) is 0 Å². The summed E-state index contributed by atoms with van der Waals surface area (Å²) in [5, 5.41) is 15.4. The number of likely N-dealkylation sites (tertiary alicyclic amines) is 1. The summed E-state index contributed by atoms with van der Waals surface area (Å²) in [5.41, 5.74) is 0.396. The van der Waals surface area contributed by atoms with E-state index < -0.39 is 29.1 Å². The van der Waals surface area contributed by atoms with Gasteiger partial charge in [0.25, 0.3) is 0 Å². The molecule has 0 saturated carbocycles. The smallest absolute Gasteiger partial charge is 0.250 e. The van der Waals surface area contributed by atoms with Crippen molar-refractivity contribution in [1.29, 1.82) is 0 Å². The highest BCUT2D eigenvalue weighted by molar-refractivity contribution is 6.05. The van der Waals surface area contributed by atoms with E-state index in [0.29, 0.717) is 62.4 Å². The molecule has 45 heavy (non-hydrogen) atoms. The second-order valence-corrected chi connectivity index (χ2v) is 12.3. The lowest BCUT2D eigenvalue weighted by molar-refractivity contribution is -0.144. The van der Waals surface area contributed by atoms with E-state index >= 15 is 0 Å². The summed E-state index contributed by atoms with van der Waals surface area (Å²) in [4.78, 5) is 46.5. The molecule has 2 aromatic rings. The van der Waals surface area contributed by atoms with E-state index in [0.717, 1.165) is 25.2 Å². The number of rotatable bonds is 15. The standard InChI is InChI=1S/C35H48N4O6/c1-5-34-20-21-35(45-34)29(28(34)31(41)36-25-14-18-27(19-15-25)44-8-4)33(43)39(22-10-9-11-23-40)30(35)32(42)37-24-12-16-26(17-13-24)38(6-2)7-3/h12-19,28-30,40H,5-11,20-23H2,1-4H3,(H,36,41)(H,37,42)/t28-,29-,30?,34+,35?/m0/s1. The molecule has 3 fully saturated rings. The van der Waals surface area contributed by atoms with Crippen LogP contribution in [0.5, 0.6) is 5.75 Å². The summed E-state index contributed by atoms with van der Waals surface area (Å²) < 4.78 is 12.4. The van der Waals surface area contributed by atoms with Crippen LogP contribution >= 0.6 is 0 Å². The molecule has 2 unspecified atom stereocenters. The predicted octanol–water partition coefficient (Wildman–Crippen LogP) is 4.83. The normalized spacial score (nSPS) is 26.6. The monoisotopic (exact) mass is 620 g/mol. The first-order chi connectivity index (χ1) is 21.8. The Morgan fingerprint density at radius 1 is 0.933 bits per heavy atom. The number of nitrogens with one attached hydrogen (secondary N) is 2. The molecule has 3 aliphatic heterocycles. The van der Waals surface area contributed by atoms with E-state index in [1.54, 1.807) is 29.2 Å². The lowest BCUT2D eigenvalue weighted by atomic mass is 9.65. The van der Waals surface area contributed by atoms with Crippen molar-refractivity contribution in [1.82, 2.24) is 4.90 Å². The molecule has 2 aromatic carbocycles.